The Morgan fingerprint density at radius 3 is 2.91 bits per heavy atom. The van der Waals surface area contributed by atoms with E-state index in [1.165, 1.54) is 12.1 Å². The number of anilines is 1. The Morgan fingerprint density at radius 1 is 1.31 bits per heavy atom. The molecule has 1 aliphatic rings. The average molecular weight is 439 g/mol. The fourth-order valence-electron chi connectivity index (χ4n) is 3.66. The topological polar surface area (TPSA) is 84.6 Å². The Labute approximate surface area is 186 Å². The number of benzene rings is 1. The van der Waals surface area contributed by atoms with Crippen LogP contribution in [0, 0.1) is 5.82 Å². The van der Waals surface area contributed by atoms with Crippen molar-refractivity contribution in [3.63, 3.8) is 0 Å². The van der Waals surface area contributed by atoms with Crippen LogP contribution < -0.4 is 4.90 Å². The van der Waals surface area contributed by atoms with Crippen LogP contribution in [0.3, 0.4) is 0 Å². The first-order chi connectivity index (χ1) is 15.5. The molecule has 1 fully saturated rings. The van der Waals surface area contributed by atoms with Gasteiger partial charge in [0.25, 0.3) is 5.91 Å². The van der Waals surface area contributed by atoms with Gasteiger partial charge in [0, 0.05) is 44.9 Å². The van der Waals surface area contributed by atoms with E-state index in [0.29, 0.717) is 48.2 Å². The molecular weight excluding hydrogens is 413 g/mol. The predicted octanol–water partition coefficient (Wildman–Crippen LogP) is 3.50. The lowest BCUT2D eigenvalue weighted by Gasteiger charge is -2.33. The van der Waals surface area contributed by atoms with Gasteiger partial charge in [0.05, 0.1) is 18.8 Å². The quantitative estimate of drug-likeness (QED) is 0.581. The summed E-state index contributed by atoms with van der Waals surface area (Å²) in [6, 6.07) is 7.97. The number of ether oxygens (including phenoxy) is 1. The number of hydrogen-bond acceptors (Lipinski definition) is 7. The SMILES string of the molecule is CCCc1cc(C(=O)N2CCOC(c3nc(N(C)C)ncc3-c3cccc(F)c3)C2)no1. The van der Waals surface area contributed by atoms with Gasteiger partial charge in [-0.1, -0.05) is 24.2 Å². The van der Waals surface area contributed by atoms with Gasteiger partial charge in [-0.3, -0.25) is 4.79 Å². The first kappa shape index (κ1) is 21.9. The van der Waals surface area contributed by atoms with Crippen molar-refractivity contribution in [2.45, 2.75) is 25.9 Å². The van der Waals surface area contributed by atoms with Crippen molar-refractivity contribution in [2.75, 3.05) is 38.7 Å². The van der Waals surface area contributed by atoms with E-state index in [-0.39, 0.29) is 17.4 Å². The number of nitrogens with zero attached hydrogens (tertiary/aromatic N) is 5. The molecule has 4 rings (SSSR count). The maximum atomic E-state index is 13.9. The Bertz CT molecular complexity index is 1100. The van der Waals surface area contributed by atoms with E-state index in [1.807, 2.05) is 21.0 Å². The molecule has 0 spiro atoms. The summed E-state index contributed by atoms with van der Waals surface area (Å²) in [5.74, 6) is 0.646. The van der Waals surface area contributed by atoms with Crippen LogP contribution in [0.15, 0.2) is 41.1 Å². The van der Waals surface area contributed by atoms with Crippen molar-refractivity contribution in [1.82, 2.24) is 20.0 Å². The van der Waals surface area contributed by atoms with Crippen LogP contribution in [-0.2, 0) is 11.2 Å². The maximum Gasteiger partial charge on any atom is 0.276 e. The Morgan fingerprint density at radius 2 is 2.16 bits per heavy atom. The summed E-state index contributed by atoms with van der Waals surface area (Å²) < 4.78 is 25.2. The summed E-state index contributed by atoms with van der Waals surface area (Å²) in [5.41, 5.74) is 2.22. The number of aryl methyl sites for hydroxylation is 1. The maximum absolute atomic E-state index is 13.9. The molecule has 3 aromatic rings. The lowest BCUT2D eigenvalue weighted by molar-refractivity contribution is -0.0247. The third-order valence-electron chi connectivity index (χ3n) is 5.27. The second-order valence-corrected chi connectivity index (χ2v) is 7.91. The summed E-state index contributed by atoms with van der Waals surface area (Å²) in [7, 11) is 3.69. The van der Waals surface area contributed by atoms with Gasteiger partial charge in [0.2, 0.25) is 5.95 Å². The monoisotopic (exact) mass is 439 g/mol. The highest BCUT2D eigenvalue weighted by Crippen LogP contribution is 2.32. The molecule has 3 heterocycles. The normalized spacial score (nSPS) is 16.2. The van der Waals surface area contributed by atoms with Crippen molar-refractivity contribution in [3.05, 3.63) is 59.5 Å². The van der Waals surface area contributed by atoms with Gasteiger partial charge < -0.3 is 19.1 Å². The minimum absolute atomic E-state index is 0.210. The minimum atomic E-state index is -0.491. The summed E-state index contributed by atoms with van der Waals surface area (Å²) in [4.78, 5) is 25.6. The molecule has 1 saturated heterocycles. The van der Waals surface area contributed by atoms with Crippen LogP contribution in [0.4, 0.5) is 10.3 Å². The van der Waals surface area contributed by atoms with Gasteiger partial charge in [0.1, 0.15) is 17.7 Å². The third-order valence-corrected chi connectivity index (χ3v) is 5.27. The zero-order valence-corrected chi connectivity index (χ0v) is 18.4. The molecule has 0 aliphatic carbocycles. The summed E-state index contributed by atoms with van der Waals surface area (Å²) in [6.45, 7) is 3.11. The van der Waals surface area contributed by atoms with Crippen LogP contribution >= 0.6 is 0 Å². The van der Waals surface area contributed by atoms with Gasteiger partial charge in [-0.25, -0.2) is 14.4 Å². The molecule has 0 bridgehead atoms. The van der Waals surface area contributed by atoms with E-state index >= 15 is 0 Å². The van der Waals surface area contributed by atoms with Gasteiger partial charge in [-0.15, -0.1) is 0 Å². The number of halogens is 1. The minimum Gasteiger partial charge on any atom is -0.368 e. The van der Waals surface area contributed by atoms with Crippen molar-refractivity contribution >= 4 is 11.9 Å². The van der Waals surface area contributed by atoms with E-state index in [2.05, 4.69) is 10.1 Å². The molecule has 1 aliphatic heterocycles. The van der Waals surface area contributed by atoms with E-state index in [1.54, 1.807) is 34.2 Å². The zero-order valence-electron chi connectivity index (χ0n) is 18.4. The van der Waals surface area contributed by atoms with Gasteiger partial charge >= 0.3 is 0 Å². The van der Waals surface area contributed by atoms with Crippen molar-refractivity contribution < 1.29 is 18.4 Å². The number of morpholine rings is 1. The van der Waals surface area contributed by atoms with Crippen LogP contribution in [0.2, 0.25) is 0 Å². The van der Waals surface area contributed by atoms with Crippen LogP contribution in [0.5, 0.6) is 0 Å². The molecule has 0 radical (unpaired) electrons. The number of aromatic nitrogens is 3. The van der Waals surface area contributed by atoms with Crippen LogP contribution in [-0.4, -0.2) is 59.7 Å². The lowest BCUT2D eigenvalue weighted by Crippen LogP contribution is -2.42. The molecule has 1 aromatic carbocycles. The smallest absolute Gasteiger partial charge is 0.276 e. The molecule has 2 aromatic heterocycles. The second kappa shape index (κ2) is 9.44. The Balaban J connectivity index is 1.64. The molecule has 9 heteroatoms. The average Bonchev–Trinajstić information content (AvgIpc) is 3.27. The van der Waals surface area contributed by atoms with Crippen molar-refractivity contribution in [1.29, 1.82) is 0 Å². The lowest BCUT2D eigenvalue weighted by atomic mass is 10.0. The number of amides is 1. The van der Waals surface area contributed by atoms with Gasteiger partial charge in [0.15, 0.2) is 5.69 Å². The predicted molar refractivity (Wildman–Crippen MR) is 117 cm³/mol. The standard InChI is InChI=1S/C23H26FN5O3/c1-4-6-17-12-19(27-32-17)22(30)29-9-10-31-20(14-29)21-18(13-25-23(26-21)28(2)3)15-7-5-8-16(24)11-15/h5,7-8,11-13,20H,4,6,9-10,14H2,1-3H3. The molecular formula is C23H26FN5O3. The molecule has 32 heavy (non-hydrogen) atoms. The van der Waals surface area contributed by atoms with Crippen LogP contribution in [0.1, 0.15) is 41.4 Å². The Kier molecular flexibility index (Phi) is 6.45. The van der Waals surface area contributed by atoms with Crippen molar-refractivity contribution in [3.8, 4) is 11.1 Å². The number of carbonyl (C=O) groups is 1. The highest BCUT2D eigenvalue weighted by molar-refractivity contribution is 5.92. The molecule has 1 amide bonds. The summed E-state index contributed by atoms with van der Waals surface area (Å²) >= 11 is 0. The number of rotatable bonds is 6. The van der Waals surface area contributed by atoms with E-state index in [0.717, 1.165) is 12.8 Å². The zero-order chi connectivity index (χ0) is 22.7. The molecule has 1 unspecified atom stereocenters. The fourth-order valence-corrected chi connectivity index (χ4v) is 3.66. The first-order valence-corrected chi connectivity index (χ1v) is 10.6. The number of carbonyl (C=O) groups excluding carboxylic acids is 1. The largest absolute Gasteiger partial charge is 0.368 e. The summed E-state index contributed by atoms with van der Waals surface area (Å²) in [6.07, 6.45) is 2.82. The third kappa shape index (κ3) is 4.62. The van der Waals surface area contributed by atoms with E-state index in [4.69, 9.17) is 14.2 Å². The molecule has 0 saturated carbocycles. The highest BCUT2D eigenvalue weighted by atomic mass is 19.1. The van der Waals surface area contributed by atoms with E-state index in [9.17, 15) is 9.18 Å². The summed E-state index contributed by atoms with van der Waals surface area (Å²) in [5, 5.41) is 3.94. The molecule has 0 N–H and O–H groups in total. The van der Waals surface area contributed by atoms with Crippen molar-refractivity contribution in [2.24, 2.45) is 0 Å². The molecule has 8 nitrogen and oxygen atoms in total. The first-order valence-electron chi connectivity index (χ1n) is 10.6. The second-order valence-electron chi connectivity index (χ2n) is 7.91. The van der Waals surface area contributed by atoms with Gasteiger partial charge in [-0.05, 0) is 24.1 Å². The molecule has 1 atom stereocenters. The highest BCUT2D eigenvalue weighted by Gasteiger charge is 2.31. The van der Waals surface area contributed by atoms with Gasteiger partial charge in [-0.2, -0.15) is 0 Å². The fraction of sp³-hybridized carbons (Fsp3) is 0.391. The number of hydrogen-bond donors (Lipinski definition) is 0. The Hall–Kier alpha value is -3.33. The molecule has 168 valence electrons. The van der Waals surface area contributed by atoms with E-state index < -0.39 is 6.10 Å². The van der Waals surface area contributed by atoms with Crippen LogP contribution in [0.25, 0.3) is 11.1 Å².